The summed E-state index contributed by atoms with van der Waals surface area (Å²) in [6.45, 7) is 4.36. The number of hydrogen-bond donors (Lipinski definition) is 1. The first-order chi connectivity index (χ1) is 10.3. The number of anilines is 2. The zero-order valence-corrected chi connectivity index (χ0v) is 12.6. The average molecular weight is 276 g/mol. The van der Waals surface area contributed by atoms with Crippen molar-refractivity contribution in [1.82, 2.24) is 4.98 Å². The number of pyridine rings is 1. The molecule has 1 N–H and O–H groups in total. The van der Waals surface area contributed by atoms with Crippen molar-refractivity contribution in [2.45, 2.75) is 26.7 Å². The molecule has 0 unspecified atom stereocenters. The lowest BCUT2D eigenvalue weighted by molar-refractivity contribution is 1.14. The molecule has 1 heterocycles. The second-order valence-corrected chi connectivity index (χ2v) is 5.20. The Morgan fingerprint density at radius 3 is 2.57 bits per heavy atom. The van der Waals surface area contributed by atoms with Gasteiger partial charge in [0.1, 0.15) is 0 Å². The first-order valence-electron chi connectivity index (χ1n) is 7.54. The van der Waals surface area contributed by atoms with Gasteiger partial charge in [-0.2, -0.15) is 0 Å². The van der Waals surface area contributed by atoms with Gasteiger partial charge < -0.3 is 5.32 Å². The van der Waals surface area contributed by atoms with Gasteiger partial charge in [-0.05, 0) is 48.2 Å². The van der Waals surface area contributed by atoms with E-state index in [0.29, 0.717) is 0 Å². The van der Waals surface area contributed by atoms with Crippen LogP contribution in [0.15, 0.2) is 54.7 Å². The van der Waals surface area contributed by atoms with Crippen molar-refractivity contribution in [2.75, 3.05) is 5.32 Å². The smallest absolute Gasteiger partial charge is 0.0723 e. The zero-order chi connectivity index (χ0) is 14.7. The van der Waals surface area contributed by atoms with Crippen LogP contribution in [0.25, 0.3) is 10.9 Å². The maximum atomic E-state index is 4.46. The Labute approximate surface area is 125 Å². The summed E-state index contributed by atoms with van der Waals surface area (Å²) < 4.78 is 0. The molecule has 2 heteroatoms. The number of hydrogen-bond acceptors (Lipinski definition) is 2. The molecule has 3 rings (SSSR count). The van der Waals surface area contributed by atoms with E-state index in [-0.39, 0.29) is 0 Å². The van der Waals surface area contributed by atoms with Crippen LogP contribution in [-0.2, 0) is 12.8 Å². The Morgan fingerprint density at radius 1 is 0.905 bits per heavy atom. The zero-order valence-electron chi connectivity index (χ0n) is 12.6. The lowest BCUT2D eigenvalue weighted by atomic mass is 10.1. The third-order valence-corrected chi connectivity index (χ3v) is 3.88. The number of aryl methyl sites for hydroxylation is 2. The minimum Gasteiger partial charge on any atom is -0.355 e. The molecular formula is C19H20N2. The Balaban J connectivity index is 2.07. The second kappa shape index (κ2) is 5.96. The number of fused-ring (bicyclic) bond motifs is 1. The van der Waals surface area contributed by atoms with E-state index in [2.05, 4.69) is 66.6 Å². The molecule has 0 amide bonds. The fourth-order valence-electron chi connectivity index (χ4n) is 2.62. The molecule has 0 aliphatic heterocycles. The van der Waals surface area contributed by atoms with Crippen LogP contribution in [0.1, 0.15) is 25.0 Å². The lowest BCUT2D eigenvalue weighted by Gasteiger charge is -2.13. The molecule has 106 valence electrons. The third-order valence-electron chi connectivity index (χ3n) is 3.88. The van der Waals surface area contributed by atoms with E-state index in [0.717, 1.165) is 24.0 Å². The SMILES string of the molecule is CCc1ccc2nccc(Nc3ccccc3CC)c2c1. The van der Waals surface area contributed by atoms with Gasteiger partial charge in [-0.15, -0.1) is 0 Å². The number of nitrogens with one attached hydrogen (secondary N) is 1. The highest BCUT2D eigenvalue weighted by Crippen LogP contribution is 2.28. The van der Waals surface area contributed by atoms with Gasteiger partial charge in [0.2, 0.25) is 0 Å². The molecule has 2 nitrogen and oxygen atoms in total. The van der Waals surface area contributed by atoms with Crippen LogP contribution in [0.3, 0.4) is 0 Å². The molecule has 0 saturated carbocycles. The van der Waals surface area contributed by atoms with Gasteiger partial charge in [-0.25, -0.2) is 0 Å². The molecule has 0 fully saturated rings. The topological polar surface area (TPSA) is 24.9 Å². The molecule has 0 spiro atoms. The van der Waals surface area contributed by atoms with Crippen molar-refractivity contribution in [3.63, 3.8) is 0 Å². The maximum absolute atomic E-state index is 4.46. The van der Waals surface area contributed by atoms with Crippen molar-refractivity contribution in [2.24, 2.45) is 0 Å². The number of aromatic nitrogens is 1. The van der Waals surface area contributed by atoms with Gasteiger partial charge in [-0.3, -0.25) is 4.98 Å². The molecule has 0 radical (unpaired) electrons. The van der Waals surface area contributed by atoms with Gasteiger partial charge in [0, 0.05) is 23.0 Å². The summed E-state index contributed by atoms with van der Waals surface area (Å²) in [5.41, 5.74) is 5.99. The van der Waals surface area contributed by atoms with Gasteiger partial charge in [-0.1, -0.05) is 38.1 Å². The summed E-state index contributed by atoms with van der Waals surface area (Å²) in [5.74, 6) is 0. The van der Waals surface area contributed by atoms with E-state index in [9.17, 15) is 0 Å². The first kappa shape index (κ1) is 13.6. The number of nitrogens with zero attached hydrogens (tertiary/aromatic N) is 1. The summed E-state index contributed by atoms with van der Waals surface area (Å²) in [7, 11) is 0. The average Bonchev–Trinajstić information content (AvgIpc) is 2.55. The quantitative estimate of drug-likeness (QED) is 0.716. The molecule has 0 aliphatic rings. The monoisotopic (exact) mass is 276 g/mol. The van der Waals surface area contributed by atoms with Gasteiger partial charge in [0.05, 0.1) is 5.52 Å². The molecule has 1 aromatic heterocycles. The number of benzene rings is 2. The summed E-state index contributed by atoms with van der Waals surface area (Å²) in [6, 6.07) is 17.0. The highest BCUT2D eigenvalue weighted by molar-refractivity contribution is 5.93. The molecule has 0 aliphatic carbocycles. The summed E-state index contributed by atoms with van der Waals surface area (Å²) >= 11 is 0. The van der Waals surface area contributed by atoms with Crippen molar-refractivity contribution >= 4 is 22.3 Å². The van der Waals surface area contributed by atoms with Crippen LogP contribution in [0, 0.1) is 0 Å². The Kier molecular flexibility index (Phi) is 3.87. The number of rotatable bonds is 4. The molecule has 0 atom stereocenters. The van der Waals surface area contributed by atoms with Gasteiger partial charge in [0.25, 0.3) is 0 Å². The summed E-state index contributed by atoms with van der Waals surface area (Å²) in [5, 5.41) is 4.76. The van der Waals surface area contributed by atoms with E-state index in [1.54, 1.807) is 0 Å². The van der Waals surface area contributed by atoms with E-state index in [1.807, 2.05) is 12.3 Å². The van der Waals surface area contributed by atoms with Crippen molar-refractivity contribution in [3.8, 4) is 0 Å². The lowest BCUT2D eigenvalue weighted by Crippen LogP contribution is -1.96. The van der Waals surface area contributed by atoms with E-state index < -0.39 is 0 Å². The first-order valence-corrected chi connectivity index (χ1v) is 7.54. The van der Waals surface area contributed by atoms with Crippen LogP contribution in [0.4, 0.5) is 11.4 Å². The highest BCUT2D eigenvalue weighted by Gasteiger charge is 2.05. The fourth-order valence-corrected chi connectivity index (χ4v) is 2.62. The van der Waals surface area contributed by atoms with Gasteiger partial charge in [0.15, 0.2) is 0 Å². The largest absolute Gasteiger partial charge is 0.355 e. The van der Waals surface area contributed by atoms with Crippen molar-refractivity contribution in [1.29, 1.82) is 0 Å². The summed E-state index contributed by atoms with van der Waals surface area (Å²) in [6.07, 6.45) is 3.92. The van der Waals surface area contributed by atoms with Crippen molar-refractivity contribution < 1.29 is 0 Å². The standard InChI is InChI=1S/C19H20N2/c1-3-14-9-10-18-16(13-14)19(11-12-20-18)21-17-8-6-5-7-15(17)4-2/h5-13H,3-4H2,1-2H3,(H,20,21). The van der Waals surface area contributed by atoms with Crippen LogP contribution >= 0.6 is 0 Å². The molecule has 21 heavy (non-hydrogen) atoms. The molecule has 3 aromatic rings. The third kappa shape index (κ3) is 2.75. The molecule has 0 bridgehead atoms. The Bertz CT molecular complexity index is 762. The van der Waals surface area contributed by atoms with Crippen LogP contribution in [0.5, 0.6) is 0 Å². The van der Waals surface area contributed by atoms with Crippen molar-refractivity contribution in [3.05, 3.63) is 65.9 Å². The molecule has 2 aromatic carbocycles. The predicted molar refractivity (Wildman–Crippen MR) is 90.2 cm³/mol. The predicted octanol–water partition coefficient (Wildman–Crippen LogP) is 5.10. The number of para-hydroxylation sites is 1. The van der Waals surface area contributed by atoms with Crippen LogP contribution < -0.4 is 5.32 Å². The second-order valence-electron chi connectivity index (χ2n) is 5.20. The Hall–Kier alpha value is -2.35. The fraction of sp³-hybridized carbons (Fsp3) is 0.211. The van der Waals surface area contributed by atoms with E-state index in [1.165, 1.54) is 22.2 Å². The highest BCUT2D eigenvalue weighted by atomic mass is 14.9. The van der Waals surface area contributed by atoms with Crippen LogP contribution in [0.2, 0.25) is 0 Å². The minimum atomic E-state index is 1.02. The minimum absolute atomic E-state index is 1.02. The van der Waals surface area contributed by atoms with Crippen LogP contribution in [-0.4, -0.2) is 4.98 Å². The molecular weight excluding hydrogens is 256 g/mol. The van der Waals surface area contributed by atoms with E-state index in [4.69, 9.17) is 0 Å². The Morgan fingerprint density at radius 2 is 1.76 bits per heavy atom. The van der Waals surface area contributed by atoms with Gasteiger partial charge >= 0.3 is 0 Å². The van der Waals surface area contributed by atoms with E-state index >= 15 is 0 Å². The maximum Gasteiger partial charge on any atom is 0.0723 e. The normalized spacial score (nSPS) is 10.8. The summed E-state index contributed by atoms with van der Waals surface area (Å²) in [4.78, 5) is 4.46. The molecule has 0 saturated heterocycles.